The van der Waals surface area contributed by atoms with Crippen molar-refractivity contribution < 1.29 is 9.72 Å². The van der Waals surface area contributed by atoms with Crippen molar-refractivity contribution in [2.45, 2.75) is 12.8 Å². The van der Waals surface area contributed by atoms with E-state index in [2.05, 4.69) is 26.8 Å². The number of aromatic amines is 1. The minimum absolute atomic E-state index is 0.113. The molecule has 0 saturated carbocycles. The summed E-state index contributed by atoms with van der Waals surface area (Å²) >= 11 is 6.02. The van der Waals surface area contributed by atoms with Crippen molar-refractivity contribution >= 4 is 29.4 Å². The van der Waals surface area contributed by atoms with Gasteiger partial charge in [-0.2, -0.15) is 10.2 Å². The van der Waals surface area contributed by atoms with E-state index in [-0.39, 0.29) is 5.69 Å². The maximum atomic E-state index is 12.5. The molecule has 9 heteroatoms. The number of benzene rings is 2. The standard InChI is InChI=1S/C19H14ClN5O3/c20-16-8-6-13(25(27)28)9-12(16)10-21-24-19(26)18-15-7-5-11-3-1-2-4-14(11)17(15)22-23-18/h1-4,6,8-10H,5,7H2,(H,22,23)(H,24,26)/b21-10+. The fraction of sp³-hybridized carbons (Fsp3) is 0.105. The zero-order valence-corrected chi connectivity index (χ0v) is 15.2. The van der Waals surface area contributed by atoms with E-state index < -0.39 is 10.8 Å². The van der Waals surface area contributed by atoms with Crippen molar-refractivity contribution in [3.63, 3.8) is 0 Å². The van der Waals surface area contributed by atoms with Gasteiger partial charge in [0.1, 0.15) is 5.69 Å². The van der Waals surface area contributed by atoms with E-state index in [0.717, 1.165) is 23.2 Å². The predicted octanol–water partition coefficient (Wildman–Crippen LogP) is 3.50. The largest absolute Gasteiger partial charge is 0.289 e. The molecule has 0 aliphatic heterocycles. The van der Waals surface area contributed by atoms with E-state index in [1.807, 2.05) is 18.2 Å². The Bertz CT molecular complexity index is 1120. The molecule has 2 N–H and O–H groups in total. The third kappa shape index (κ3) is 3.25. The molecule has 0 radical (unpaired) electrons. The van der Waals surface area contributed by atoms with E-state index in [1.165, 1.54) is 30.0 Å². The minimum atomic E-state index is -0.527. The van der Waals surface area contributed by atoms with Gasteiger partial charge in [0.05, 0.1) is 16.8 Å². The first-order chi connectivity index (χ1) is 13.5. The van der Waals surface area contributed by atoms with Crippen LogP contribution in [0, 0.1) is 10.1 Å². The van der Waals surface area contributed by atoms with Gasteiger partial charge in [-0.05, 0) is 24.5 Å². The lowest BCUT2D eigenvalue weighted by Crippen LogP contribution is -2.20. The highest BCUT2D eigenvalue weighted by atomic mass is 35.5. The predicted molar refractivity (Wildman–Crippen MR) is 105 cm³/mol. The monoisotopic (exact) mass is 395 g/mol. The van der Waals surface area contributed by atoms with Gasteiger partial charge >= 0.3 is 0 Å². The van der Waals surface area contributed by atoms with Crippen molar-refractivity contribution in [3.8, 4) is 11.3 Å². The molecule has 0 fully saturated rings. The highest BCUT2D eigenvalue weighted by molar-refractivity contribution is 6.33. The van der Waals surface area contributed by atoms with Gasteiger partial charge in [-0.3, -0.25) is 20.0 Å². The average molecular weight is 396 g/mol. The minimum Gasteiger partial charge on any atom is -0.272 e. The zero-order chi connectivity index (χ0) is 19.7. The van der Waals surface area contributed by atoms with Crippen LogP contribution in [0.15, 0.2) is 47.6 Å². The Kier molecular flexibility index (Phi) is 4.62. The van der Waals surface area contributed by atoms with Gasteiger partial charge in [-0.1, -0.05) is 35.9 Å². The Morgan fingerprint density at radius 2 is 2.11 bits per heavy atom. The second kappa shape index (κ2) is 7.24. The third-order valence-electron chi connectivity index (χ3n) is 4.57. The quantitative estimate of drug-likeness (QED) is 0.399. The van der Waals surface area contributed by atoms with Gasteiger partial charge in [0.25, 0.3) is 11.6 Å². The van der Waals surface area contributed by atoms with Crippen molar-refractivity contribution in [3.05, 3.63) is 80.0 Å². The number of carbonyl (C=O) groups is 1. The number of carbonyl (C=O) groups excluding carboxylic acids is 1. The fourth-order valence-electron chi connectivity index (χ4n) is 3.21. The number of hydrogen-bond acceptors (Lipinski definition) is 5. The molecule has 0 atom stereocenters. The lowest BCUT2D eigenvalue weighted by molar-refractivity contribution is -0.384. The van der Waals surface area contributed by atoms with Crippen LogP contribution in [0.5, 0.6) is 0 Å². The number of hydrazone groups is 1. The van der Waals surface area contributed by atoms with E-state index in [1.54, 1.807) is 0 Å². The number of halogens is 1. The van der Waals surface area contributed by atoms with Crippen molar-refractivity contribution in [1.29, 1.82) is 0 Å². The van der Waals surface area contributed by atoms with Crippen LogP contribution in [0.2, 0.25) is 5.02 Å². The first-order valence-electron chi connectivity index (χ1n) is 8.47. The highest BCUT2D eigenvalue weighted by Crippen LogP contribution is 2.33. The summed E-state index contributed by atoms with van der Waals surface area (Å²) in [4.78, 5) is 22.8. The summed E-state index contributed by atoms with van der Waals surface area (Å²) in [6, 6.07) is 12.0. The lowest BCUT2D eigenvalue weighted by atomic mass is 9.89. The molecule has 1 aromatic heterocycles. The Balaban J connectivity index is 1.54. The first kappa shape index (κ1) is 17.9. The van der Waals surface area contributed by atoms with Crippen LogP contribution in [0.25, 0.3) is 11.3 Å². The number of hydrogen-bond donors (Lipinski definition) is 2. The highest BCUT2D eigenvalue weighted by Gasteiger charge is 2.24. The smallest absolute Gasteiger partial charge is 0.272 e. The Morgan fingerprint density at radius 3 is 2.93 bits per heavy atom. The van der Waals surface area contributed by atoms with Crippen LogP contribution in [0.3, 0.4) is 0 Å². The molecule has 0 saturated heterocycles. The van der Waals surface area contributed by atoms with Crippen LogP contribution in [0.4, 0.5) is 5.69 Å². The van der Waals surface area contributed by atoms with Crippen LogP contribution in [-0.4, -0.2) is 27.2 Å². The molecule has 0 bridgehead atoms. The molecule has 28 heavy (non-hydrogen) atoms. The number of rotatable bonds is 4. The molecule has 2 aromatic carbocycles. The summed E-state index contributed by atoms with van der Waals surface area (Å²) in [5.74, 6) is -0.439. The number of nitro groups is 1. The Labute approximate surface area is 164 Å². The molecule has 3 aromatic rings. The molecule has 1 amide bonds. The van der Waals surface area contributed by atoms with Crippen LogP contribution in [0.1, 0.15) is 27.2 Å². The number of aromatic nitrogens is 2. The van der Waals surface area contributed by atoms with Crippen LogP contribution in [-0.2, 0) is 12.8 Å². The maximum Gasteiger partial charge on any atom is 0.289 e. The maximum absolute atomic E-state index is 12.5. The number of non-ortho nitro benzene ring substituents is 1. The molecule has 1 aliphatic rings. The molecule has 4 rings (SSSR count). The van der Waals surface area contributed by atoms with Gasteiger partial charge in [0, 0.05) is 33.8 Å². The van der Waals surface area contributed by atoms with Gasteiger partial charge in [-0.15, -0.1) is 0 Å². The topological polar surface area (TPSA) is 113 Å². The molecule has 8 nitrogen and oxygen atoms in total. The van der Waals surface area contributed by atoms with E-state index in [9.17, 15) is 14.9 Å². The molecule has 0 spiro atoms. The zero-order valence-electron chi connectivity index (χ0n) is 14.5. The summed E-state index contributed by atoms with van der Waals surface area (Å²) in [5.41, 5.74) is 6.83. The van der Waals surface area contributed by atoms with Crippen LogP contribution < -0.4 is 5.43 Å². The van der Waals surface area contributed by atoms with Gasteiger partial charge < -0.3 is 0 Å². The number of amides is 1. The molecule has 140 valence electrons. The summed E-state index contributed by atoms with van der Waals surface area (Å²) < 4.78 is 0. The average Bonchev–Trinajstić information content (AvgIpc) is 3.14. The normalized spacial score (nSPS) is 12.5. The van der Waals surface area contributed by atoms with E-state index in [4.69, 9.17) is 11.6 Å². The van der Waals surface area contributed by atoms with Gasteiger partial charge in [0.15, 0.2) is 0 Å². The molecule has 1 aliphatic carbocycles. The Hall–Kier alpha value is -3.52. The fourth-order valence-corrected chi connectivity index (χ4v) is 3.37. The number of H-pyrrole nitrogens is 1. The first-order valence-corrected chi connectivity index (χ1v) is 8.85. The van der Waals surface area contributed by atoms with Gasteiger partial charge in [0.2, 0.25) is 0 Å². The Morgan fingerprint density at radius 1 is 1.29 bits per heavy atom. The second-order valence-corrected chi connectivity index (χ2v) is 6.65. The van der Waals surface area contributed by atoms with Crippen molar-refractivity contribution in [1.82, 2.24) is 15.6 Å². The van der Waals surface area contributed by atoms with E-state index >= 15 is 0 Å². The molecular weight excluding hydrogens is 382 g/mol. The number of nitrogens with one attached hydrogen (secondary N) is 2. The lowest BCUT2D eigenvalue weighted by Gasteiger charge is -2.15. The summed E-state index contributed by atoms with van der Waals surface area (Å²) in [5, 5.41) is 22.1. The summed E-state index contributed by atoms with van der Waals surface area (Å²) in [6.45, 7) is 0. The van der Waals surface area contributed by atoms with Crippen molar-refractivity contribution in [2.75, 3.05) is 0 Å². The van der Waals surface area contributed by atoms with Crippen LogP contribution >= 0.6 is 11.6 Å². The molecule has 1 heterocycles. The van der Waals surface area contributed by atoms with E-state index in [0.29, 0.717) is 22.7 Å². The molecular formula is C19H14ClN5O3. The number of fused-ring (bicyclic) bond motifs is 3. The van der Waals surface area contributed by atoms with Gasteiger partial charge in [-0.25, -0.2) is 5.43 Å². The summed E-state index contributed by atoms with van der Waals surface area (Å²) in [7, 11) is 0. The second-order valence-electron chi connectivity index (χ2n) is 6.24. The van der Waals surface area contributed by atoms with Crippen molar-refractivity contribution in [2.24, 2.45) is 5.10 Å². The SMILES string of the molecule is O=C(N/N=C/c1cc([N+](=O)[O-])ccc1Cl)c1[nH]nc2c1CCc1ccccc1-2. The number of nitrogens with zero attached hydrogens (tertiary/aromatic N) is 3. The summed E-state index contributed by atoms with van der Waals surface area (Å²) in [6.07, 6.45) is 2.80. The third-order valence-corrected chi connectivity index (χ3v) is 4.92. The number of aryl methyl sites for hydroxylation is 1. The number of nitro benzene ring substituents is 1. The molecule has 0 unspecified atom stereocenters.